The predicted molar refractivity (Wildman–Crippen MR) is 84.7 cm³/mol. The molecule has 116 valence electrons. The zero-order valence-electron chi connectivity index (χ0n) is 12.8. The Morgan fingerprint density at radius 3 is 2.55 bits per heavy atom. The first-order valence-corrected chi connectivity index (χ1v) is 7.22. The molecule has 1 N–H and O–H groups in total. The molecule has 4 heteroatoms. The number of hydrogen-bond acceptors (Lipinski definition) is 3. The Bertz CT molecular complexity index is 636. The van der Waals surface area contributed by atoms with Gasteiger partial charge in [-0.1, -0.05) is 24.3 Å². The second-order valence-corrected chi connectivity index (χ2v) is 4.95. The lowest BCUT2D eigenvalue weighted by Crippen LogP contribution is -2.14. The van der Waals surface area contributed by atoms with Gasteiger partial charge in [0.25, 0.3) is 0 Å². The van der Waals surface area contributed by atoms with Crippen molar-refractivity contribution in [3.8, 4) is 11.5 Å². The topological polar surface area (TPSA) is 55.8 Å². The minimum atomic E-state index is -0.850. The molecule has 0 bridgehead atoms. The van der Waals surface area contributed by atoms with Crippen molar-refractivity contribution in [2.75, 3.05) is 13.7 Å². The van der Waals surface area contributed by atoms with E-state index in [9.17, 15) is 9.90 Å². The van der Waals surface area contributed by atoms with Crippen LogP contribution in [-0.4, -0.2) is 24.8 Å². The molecule has 2 aromatic rings. The zero-order chi connectivity index (χ0) is 15.9. The SMILES string of the molecule is CCOc1cccc(C(Cc2cccc(OC)c2)C(=O)O)c1. The van der Waals surface area contributed by atoms with Crippen LogP contribution in [-0.2, 0) is 11.2 Å². The highest BCUT2D eigenvalue weighted by Gasteiger charge is 2.21. The summed E-state index contributed by atoms with van der Waals surface area (Å²) in [5.41, 5.74) is 1.66. The Balaban J connectivity index is 2.26. The Labute approximate surface area is 130 Å². The number of benzene rings is 2. The number of rotatable bonds is 7. The molecule has 1 unspecified atom stereocenters. The fourth-order valence-electron chi connectivity index (χ4n) is 2.37. The normalized spacial score (nSPS) is 11.7. The number of methoxy groups -OCH3 is 1. The van der Waals surface area contributed by atoms with Crippen molar-refractivity contribution < 1.29 is 19.4 Å². The van der Waals surface area contributed by atoms with E-state index in [4.69, 9.17) is 9.47 Å². The van der Waals surface area contributed by atoms with Gasteiger partial charge in [-0.25, -0.2) is 0 Å². The van der Waals surface area contributed by atoms with E-state index in [0.29, 0.717) is 18.8 Å². The summed E-state index contributed by atoms with van der Waals surface area (Å²) >= 11 is 0. The van der Waals surface area contributed by atoms with Crippen molar-refractivity contribution in [2.24, 2.45) is 0 Å². The van der Waals surface area contributed by atoms with Gasteiger partial charge < -0.3 is 14.6 Å². The lowest BCUT2D eigenvalue weighted by Gasteiger charge is -2.15. The molecule has 22 heavy (non-hydrogen) atoms. The van der Waals surface area contributed by atoms with Crippen molar-refractivity contribution >= 4 is 5.97 Å². The van der Waals surface area contributed by atoms with Crippen LogP contribution in [0.25, 0.3) is 0 Å². The second-order valence-electron chi connectivity index (χ2n) is 4.95. The maximum Gasteiger partial charge on any atom is 0.311 e. The number of carboxylic acids is 1. The first kappa shape index (κ1) is 15.9. The Morgan fingerprint density at radius 1 is 1.14 bits per heavy atom. The summed E-state index contributed by atoms with van der Waals surface area (Å²) in [6.07, 6.45) is 0.405. The van der Waals surface area contributed by atoms with Gasteiger partial charge in [0, 0.05) is 0 Å². The van der Waals surface area contributed by atoms with E-state index in [1.54, 1.807) is 13.2 Å². The van der Waals surface area contributed by atoms with Gasteiger partial charge in [0.15, 0.2) is 0 Å². The molecule has 0 saturated carbocycles. The summed E-state index contributed by atoms with van der Waals surface area (Å²) in [5, 5.41) is 9.56. The molecule has 0 aliphatic heterocycles. The van der Waals surface area contributed by atoms with Gasteiger partial charge in [-0.2, -0.15) is 0 Å². The predicted octanol–water partition coefficient (Wildman–Crippen LogP) is 3.50. The van der Waals surface area contributed by atoms with Crippen LogP contribution < -0.4 is 9.47 Å². The number of hydrogen-bond donors (Lipinski definition) is 1. The van der Waals surface area contributed by atoms with Gasteiger partial charge in [0.2, 0.25) is 0 Å². The minimum absolute atomic E-state index is 0.405. The van der Waals surface area contributed by atoms with E-state index in [2.05, 4.69) is 0 Å². The van der Waals surface area contributed by atoms with Gasteiger partial charge in [-0.15, -0.1) is 0 Å². The van der Waals surface area contributed by atoms with Crippen molar-refractivity contribution in [2.45, 2.75) is 19.3 Å². The van der Waals surface area contributed by atoms with Crippen LogP contribution in [0.15, 0.2) is 48.5 Å². The summed E-state index contributed by atoms with van der Waals surface area (Å²) in [7, 11) is 1.60. The van der Waals surface area contributed by atoms with E-state index in [0.717, 1.165) is 16.9 Å². The monoisotopic (exact) mass is 300 g/mol. The van der Waals surface area contributed by atoms with Crippen LogP contribution in [0.4, 0.5) is 0 Å². The lowest BCUT2D eigenvalue weighted by atomic mass is 9.92. The number of carbonyl (C=O) groups is 1. The standard InChI is InChI=1S/C18H20O4/c1-3-22-16-9-5-7-14(12-16)17(18(19)20)11-13-6-4-8-15(10-13)21-2/h4-10,12,17H,3,11H2,1-2H3,(H,19,20). The third-order valence-corrected chi connectivity index (χ3v) is 3.44. The maximum absolute atomic E-state index is 11.7. The molecule has 0 aliphatic carbocycles. The van der Waals surface area contributed by atoms with Crippen molar-refractivity contribution in [3.05, 3.63) is 59.7 Å². The van der Waals surface area contributed by atoms with Gasteiger partial charge in [0.1, 0.15) is 11.5 Å². The highest BCUT2D eigenvalue weighted by atomic mass is 16.5. The Morgan fingerprint density at radius 2 is 1.86 bits per heavy atom. The molecule has 0 radical (unpaired) electrons. The lowest BCUT2D eigenvalue weighted by molar-refractivity contribution is -0.138. The van der Waals surface area contributed by atoms with Crippen LogP contribution in [0.3, 0.4) is 0 Å². The fourth-order valence-corrected chi connectivity index (χ4v) is 2.37. The third-order valence-electron chi connectivity index (χ3n) is 3.44. The van der Waals surface area contributed by atoms with Gasteiger partial charge in [-0.05, 0) is 48.7 Å². The van der Waals surface area contributed by atoms with Gasteiger partial charge >= 0.3 is 5.97 Å². The number of carboxylic acid groups (broad SMARTS) is 1. The summed E-state index contributed by atoms with van der Waals surface area (Å²) in [6.45, 7) is 2.45. The molecule has 1 atom stereocenters. The third kappa shape index (κ3) is 4.01. The molecule has 4 nitrogen and oxygen atoms in total. The summed E-state index contributed by atoms with van der Waals surface area (Å²) < 4.78 is 10.6. The molecule has 0 aromatic heterocycles. The molecule has 0 spiro atoms. The van der Waals surface area contributed by atoms with Gasteiger partial charge in [-0.3, -0.25) is 4.79 Å². The van der Waals surface area contributed by atoms with Gasteiger partial charge in [0.05, 0.1) is 19.6 Å². The number of aliphatic carboxylic acids is 1. The highest BCUT2D eigenvalue weighted by molar-refractivity contribution is 5.76. The average Bonchev–Trinajstić information content (AvgIpc) is 2.53. The molecule has 0 aliphatic rings. The maximum atomic E-state index is 11.7. The van der Waals surface area contributed by atoms with E-state index in [1.807, 2.05) is 49.4 Å². The largest absolute Gasteiger partial charge is 0.497 e. The average molecular weight is 300 g/mol. The number of ether oxygens (including phenoxy) is 2. The molecule has 2 rings (SSSR count). The van der Waals surface area contributed by atoms with Crippen LogP contribution in [0.2, 0.25) is 0 Å². The summed E-state index contributed by atoms with van der Waals surface area (Å²) in [5.74, 6) is -0.0504. The van der Waals surface area contributed by atoms with Crippen molar-refractivity contribution in [3.63, 3.8) is 0 Å². The highest BCUT2D eigenvalue weighted by Crippen LogP contribution is 2.26. The Kier molecular flexibility index (Phi) is 5.42. The molecule has 2 aromatic carbocycles. The van der Waals surface area contributed by atoms with Crippen LogP contribution in [0.5, 0.6) is 11.5 Å². The van der Waals surface area contributed by atoms with Crippen LogP contribution in [0.1, 0.15) is 24.0 Å². The fraction of sp³-hybridized carbons (Fsp3) is 0.278. The van der Waals surface area contributed by atoms with Crippen LogP contribution in [0, 0.1) is 0 Å². The Hall–Kier alpha value is -2.49. The molecular formula is C18H20O4. The second kappa shape index (κ2) is 7.50. The van der Waals surface area contributed by atoms with Crippen molar-refractivity contribution in [1.29, 1.82) is 0 Å². The van der Waals surface area contributed by atoms with Crippen LogP contribution >= 0.6 is 0 Å². The molecule has 0 saturated heterocycles. The zero-order valence-corrected chi connectivity index (χ0v) is 12.8. The molecule has 0 amide bonds. The van der Waals surface area contributed by atoms with E-state index < -0.39 is 11.9 Å². The first-order chi connectivity index (χ1) is 10.6. The first-order valence-electron chi connectivity index (χ1n) is 7.22. The quantitative estimate of drug-likeness (QED) is 0.850. The van der Waals surface area contributed by atoms with E-state index in [-0.39, 0.29) is 0 Å². The molecule has 0 heterocycles. The van der Waals surface area contributed by atoms with E-state index >= 15 is 0 Å². The smallest absolute Gasteiger partial charge is 0.311 e. The summed E-state index contributed by atoms with van der Waals surface area (Å²) in [4.78, 5) is 11.7. The molecule has 0 fully saturated rings. The minimum Gasteiger partial charge on any atom is -0.497 e. The molecular weight excluding hydrogens is 280 g/mol. The van der Waals surface area contributed by atoms with E-state index in [1.165, 1.54) is 0 Å². The summed E-state index contributed by atoms with van der Waals surface area (Å²) in [6, 6.07) is 14.7. The van der Waals surface area contributed by atoms with Crippen molar-refractivity contribution in [1.82, 2.24) is 0 Å².